The van der Waals surface area contributed by atoms with Crippen LogP contribution in [0.1, 0.15) is 55.1 Å². The molecule has 0 aliphatic heterocycles. The molecule has 2 unspecified atom stereocenters. The number of hydrogen-bond acceptors (Lipinski definition) is 3. The molecule has 8 aromatic rings. The Morgan fingerprint density at radius 3 is 1.19 bits per heavy atom. The fourth-order valence-corrected chi connectivity index (χ4v) is 10.3. The van der Waals surface area contributed by atoms with Gasteiger partial charge in [-0.15, -0.1) is 0 Å². The molecule has 53 heavy (non-hydrogen) atoms. The molecule has 1 heterocycles. The highest BCUT2D eigenvalue weighted by Crippen LogP contribution is 2.57. The molecule has 1 aromatic heterocycles. The van der Waals surface area contributed by atoms with Crippen LogP contribution in [-0.4, -0.2) is 15.0 Å². The zero-order chi connectivity index (χ0) is 34.9. The Balaban J connectivity index is 1.05. The topological polar surface area (TPSA) is 38.7 Å². The molecule has 4 aliphatic rings. The second-order valence-electron chi connectivity index (χ2n) is 15.6. The molecule has 4 bridgehead atoms. The van der Waals surface area contributed by atoms with Gasteiger partial charge in [0.15, 0.2) is 17.5 Å². The Kier molecular flexibility index (Phi) is 7.14. The lowest BCUT2D eigenvalue weighted by atomic mass is 9.67. The van der Waals surface area contributed by atoms with Gasteiger partial charge in [0.25, 0.3) is 0 Å². The van der Waals surface area contributed by atoms with Gasteiger partial charge in [0.2, 0.25) is 0 Å². The predicted octanol–water partition coefficient (Wildman–Crippen LogP) is 12.9. The van der Waals surface area contributed by atoms with Gasteiger partial charge in [-0.05, 0) is 111 Å². The second kappa shape index (κ2) is 12.3. The molecule has 7 aromatic carbocycles. The normalized spacial score (nSPS) is 20.1. The fraction of sp³-hybridized carbons (Fsp3) is 0.180. The van der Waals surface area contributed by atoms with Crippen LogP contribution in [0.3, 0.4) is 0 Å². The van der Waals surface area contributed by atoms with Crippen LogP contribution < -0.4 is 0 Å². The summed E-state index contributed by atoms with van der Waals surface area (Å²) in [5.74, 6) is 5.31. The van der Waals surface area contributed by atoms with Crippen molar-refractivity contribution in [2.75, 3.05) is 0 Å². The third-order valence-electron chi connectivity index (χ3n) is 12.5. The van der Waals surface area contributed by atoms with Gasteiger partial charge >= 0.3 is 0 Å². The van der Waals surface area contributed by atoms with E-state index in [0.29, 0.717) is 23.4 Å². The molecule has 3 heteroatoms. The summed E-state index contributed by atoms with van der Waals surface area (Å²) in [5.41, 5.74) is 11.4. The van der Waals surface area contributed by atoms with E-state index >= 15 is 0 Å². The van der Waals surface area contributed by atoms with Crippen molar-refractivity contribution in [1.82, 2.24) is 15.0 Å². The summed E-state index contributed by atoms with van der Waals surface area (Å²) < 4.78 is 0. The molecule has 2 saturated carbocycles. The number of rotatable bonds is 5. The van der Waals surface area contributed by atoms with Gasteiger partial charge in [0, 0.05) is 16.7 Å². The summed E-state index contributed by atoms with van der Waals surface area (Å²) in [5, 5.41) is 5.17. The van der Waals surface area contributed by atoms with Crippen molar-refractivity contribution >= 4 is 21.5 Å². The molecule has 0 saturated heterocycles. The standard InChI is InChI=1S/C50H39N3/c1-3-11-34(12-4-1)48-51-49(35-13-5-2-6-14-35)53-50(52-48)36-21-19-33(20-22-36)46-41-15-7-9-17-43(41)47(44-18-10-8-16-42(44)46)37-23-24-40-38-26-31-25-32(27-38)29-39(28-31)45(40)30-37/h1-24,30-32,38-39H,25-29H2. The minimum Gasteiger partial charge on any atom is -0.208 e. The number of aromatic nitrogens is 3. The Morgan fingerprint density at radius 1 is 0.321 bits per heavy atom. The molecule has 2 atom stereocenters. The van der Waals surface area contributed by atoms with Crippen LogP contribution in [0.25, 0.3) is 78.0 Å². The molecular formula is C50H39N3. The molecule has 2 fully saturated rings. The monoisotopic (exact) mass is 681 g/mol. The summed E-state index contributed by atoms with van der Waals surface area (Å²) in [6.07, 6.45) is 7.02. The van der Waals surface area contributed by atoms with Gasteiger partial charge in [-0.2, -0.15) is 0 Å². The third kappa shape index (κ3) is 5.21. The lowest BCUT2D eigenvalue weighted by Gasteiger charge is -2.38. The maximum absolute atomic E-state index is 4.99. The largest absolute Gasteiger partial charge is 0.208 e. The summed E-state index contributed by atoms with van der Waals surface area (Å²) >= 11 is 0. The summed E-state index contributed by atoms with van der Waals surface area (Å²) in [4.78, 5) is 14.9. The molecule has 4 aliphatic carbocycles. The van der Waals surface area contributed by atoms with Gasteiger partial charge < -0.3 is 0 Å². The van der Waals surface area contributed by atoms with Gasteiger partial charge in [0.05, 0.1) is 0 Å². The van der Waals surface area contributed by atoms with Gasteiger partial charge in [0.1, 0.15) is 0 Å². The molecule has 0 spiro atoms. The van der Waals surface area contributed by atoms with Crippen LogP contribution in [0.2, 0.25) is 0 Å². The maximum atomic E-state index is 4.99. The second-order valence-corrected chi connectivity index (χ2v) is 15.6. The third-order valence-corrected chi connectivity index (χ3v) is 12.5. The first kappa shape index (κ1) is 30.7. The molecule has 254 valence electrons. The van der Waals surface area contributed by atoms with E-state index in [9.17, 15) is 0 Å². The van der Waals surface area contributed by atoms with E-state index in [4.69, 9.17) is 15.0 Å². The molecule has 3 nitrogen and oxygen atoms in total. The van der Waals surface area contributed by atoms with Crippen molar-refractivity contribution in [3.63, 3.8) is 0 Å². The highest BCUT2D eigenvalue weighted by molar-refractivity contribution is 6.21. The van der Waals surface area contributed by atoms with E-state index < -0.39 is 0 Å². The minimum atomic E-state index is 0.666. The number of nitrogens with zero attached hydrogens (tertiary/aromatic N) is 3. The number of benzene rings is 7. The SMILES string of the molecule is c1ccc(-c2nc(-c3ccccc3)nc(-c3ccc(-c4c5ccccc5c(-c5ccc6c(c5)C5CC7CC(CC6C7)C5)c5ccccc45)cc3)n2)cc1. The Bertz CT molecular complexity index is 2540. The highest BCUT2D eigenvalue weighted by atomic mass is 15.0. The quantitative estimate of drug-likeness (QED) is 0.170. The lowest BCUT2D eigenvalue weighted by molar-refractivity contribution is 0.166. The molecule has 12 rings (SSSR count). The molecule has 0 N–H and O–H groups in total. The minimum absolute atomic E-state index is 0.666. The summed E-state index contributed by atoms with van der Waals surface area (Å²) in [6, 6.07) is 54.8. The smallest absolute Gasteiger partial charge is 0.164 e. The fourth-order valence-electron chi connectivity index (χ4n) is 10.3. The van der Waals surface area contributed by atoms with Crippen molar-refractivity contribution in [3.05, 3.63) is 163 Å². The van der Waals surface area contributed by atoms with Crippen molar-refractivity contribution in [1.29, 1.82) is 0 Å². The van der Waals surface area contributed by atoms with Crippen molar-refractivity contribution in [2.45, 2.75) is 43.9 Å². The van der Waals surface area contributed by atoms with E-state index in [1.807, 2.05) is 36.4 Å². The Morgan fingerprint density at radius 2 is 0.698 bits per heavy atom. The highest BCUT2D eigenvalue weighted by Gasteiger charge is 2.42. The molecule has 0 amide bonds. The van der Waals surface area contributed by atoms with Gasteiger partial charge in [-0.25, -0.2) is 15.0 Å². The average Bonchev–Trinajstić information content (AvgIpc) is 3.39. The van der Waals surface area contributed by atoms with Gasteiger partial charge in [-0.3, -0.25) is 0 Å². The van der Waals surface area contributed by atoms with E-state index in [1.165, 1.54) is 75.9 Å². The van der Waals surface area contributed by atoms with Gasteiger partial charge in [-0.1, -0.05) is 152 Å². The first-order valence-corrected chi connectivity index (χ1v) is 19.3. The maximum Gasteiger partial charge on any atom is 0.164 e. The predicted molar refractivity (Wildman–Crippen MR) is 218 cm³/mol. The van der Waals surface area contributed by atoms with Crippen LogP contribution in [0.4, 0.5) is 0 Å². The number of hydrogen-bond donors (Lipinski definition) is 0. The molecular weight excluding hydrogens is 643 g/mol. The average molecular weight is 682 g/mol. The van der Waals surface area contributed by atoms with Crippen LogP contribution >= 0.6 is 0 Å². The van der Waals surface area contributed by atoms with Crippen LogP contribution in [0, 0.1) is 11.8 Å². The van der Waals surface area contributed by atoms with E-state index in [2.05, 4.69) is 115 Å². The van der Waals surface area contributed by atoms with E-state index in [-0.39, 0.29) is 0 Å². The number of fused-ring (bicyclic) bond motifs is 2. The summed E-state index contributed by atoms with van der Waals surface area (Å²) in [6.45, 7) is 0. The first-order valence-electron chi connectivity index (χ1n) is 19.3. The van der Waals surface area contributed by atoms with E-state index in [0.717, 1.165) is 34.4 Å². The van der Waals surface area contributed by atoms with Crippen LogP contribution in [0.5, 0.6) is 0 Å². The zero-order valence-electron chi connectivity index (χ0n) is 29.6. The summed E-state index contributed by atoms with van der Waals surface area (Å²) in [7, 11) is 0. The van der Waals surface area contributed by atoms with Crippen molar-refractivity contribution < 1.29 is 0 Å². The van der Waals surface area contributed by atoms with Crippen LogP contribution in [-0.2, 0) is 0 Å². The Hall–Kier alpha value is -5.93. The lowest BCUT2D eigenvalue weighted by Crippen LogP contribution is -2.25. The first-order chi connectivity index (χ1) is 26.2. The molecule has 0 radical (unpaired) electrons. The van der Waals surface area contributed by atoms with Crippen LogP contribution in [0.15, 0.2) is 152 Å². The zero-order valence-corrected chi connectivity index (χ0v) is 29.6. The Labute approximate surface area is 310 Å². The van der Waals surface area contributed by atoms with Crippen molar-refractivity contribution in [3.8, 4) is 56.4 Å². The van der Waals surface area contributed by atoms with Crippen molar-refractivity contribution in [2.24, 2.45) is 11.8 Å². The van der Waals surface area contributed by atoms with E-state index in [1.54, 1.807) is 11.1 Å².